The average molecular weight is 268 g/mol. The molecule has 0 aliphatic carbocycles. The van der Waals surface area contributed by atoms with Crippen molar-refractivity contribution in [3.05, 3.63) is 32.7 Å². The van der Waals surface area contributed by atoms with E-state index in [-0.39, 0.29) is 0 Å². The van der Waals surface area contributed by atoms with E-state index in [2.05, 4.69) is 27.6 Å². The van der Waals surface area contributed by atoms with Gasteiger partial charge in [0.15, 0.2) is 0 Å². The predicted molar refractivity (Wildman–Crippen MR) is 72.2 cm³/mol. The van der Waals surface area contributed by atoms with Crippen molar-refractivity contribution in [3.63, 3.8) is 0 Å². The van der Waals surface area contributed by atoms with Gasteiger partial charge in [0.05, 0.1) is 10.7 Å². The van der Waals surface area contributed by atoms with Crippen molar-refractivity contribution in [3.8, 4) is 0 Å². The van der Waals surface area contributed by atoms with Crippen LogP contribution in [0.15, 0.2) is 17.0 Å². The number of aromatic nitrogens is 2. The van der Waals surface area contributed by atoms with Crippen molar-refractivity contribution >= 4 is 22.7 Å². The fourth-order valence-electron chi connectivity index (χ4n) is 1.51. The van der Waals surface area contributed by atoms with Crippen molar-refractivity contribution in [1.82, 2.24) is 15.3 Å². The third-order valence-corrected chi connectivity index (χ3v) is 4.33. The van der Waals surface area contributed by atoms with Crippen LogP contribution in [0.1, 0.15) is 28.6 Å². The zero-order valence-electron chi connectivity index (χ0n) is 9.72. The second-order valence-electron chi connectivity index (χ2n) is 3.84. The highest BCUT2D eigenvalue weighted by Gasteiger charge is 2.07. The molecule has 3 N–H and O–H groups in total. The van der Waals surface area contributed by atoms with Gasteiger partial charge >= 0.3 is 0 Å². The average Bonchev–Trinajstić information content (AvgIpc) is 3.00. The minimum atomic E-state index is 0.447. The van der Waals surface area contributed by atoms with E-state index in [1.54, 1.807) is 22.7 Å². The maximum Gasteiger partial charge on any atom is 0.106 e. The van der Waals surface area contributed by atoms with Crippen LogP contribution in [0.25, 0.3) is 0 Å². The van der Waals surface area contributed by atoms with Gasteiger partial charge in [0, 0.05) is 42.5 Å². The molecule has 6 heteroatoms. The molecular formula is C11H16N4S2. The Morgan fingerprint density at radius 1 is 1.47 bits per heavy atom. The van der Waals surface area contributed by atoms with Crippen LogP contribution in [0.2, 0.25) is 0 Å². The Bertz CT molecular complexity index is 438. The molecule has 0 radical (unpaired) electrons. The lowest BCUT2D eigenvalue weighted by atomic mass is 10.2. The Morgan fingerprint density at radius 2 is 2.35 bits per heavy atom. The van der Waals surface area contributed by atoms with E-state index < -0.39 is 0 Å². The molecule has 2 heterocycles. The monoisotopic (exact) mass is 268 g/mol. The first-order valence-corrected chi connectivity index (χ1v) is 7.29. The minimum Gasteiger partial charge on any atom is -0.325 e. The maximum absolute atomic E-state index is 5.52. The highest BCUT2D eigenvalue weighted by molar-refractivity contribution is 7.09. The first-order chi connectivity index (χ1) is 8.29. The molecule has 0 aliphatic heterocycles. The molecule has 0 amide bonds. The normalized spacial score (nSPS) is 12.8. The second-order valence-corrected chi connectivity index (χ2v) is 5.71. The number of rotatable bonds is 6. The van der Waals surface area contributed by atoms with Crippen LogP contribution in [0.3, 0.4) is 0 Å². The van der Waals surface area contributed by atoms with Crippen LogP contribution in [-0.4, -0.2) is 16.5 Å². The van der Waals surface area contributed by atoms with E-state index in [4.69, 9.17) is 5.73 Å². The summed E-state index contributed by atoms with van der Waals surface area (Å²) in [7, 11) is 0. The number of nitrogens with one attached hydrogen (secondary N) is 1. The standard InChI is InChI=1S/C11H16N4S2/c1-8(11-14-2-3-16-11)5-13-6-9-7-17-10(4-12)15-9/h2-3,7-8,13H,4-6,12H2,1H3. The number of thiazole rings is 2. The number of nitrogens with two attached hydrogens (primary N) is 1. The lowest BCUT2D eigenvalue weighted by Gasteiger charge is -2.08. The number of hydrogen-bond acceptors (Lipinski definition) is 6. The van der Waals surface area contributed by atoms with E-state index in [0.717, 1.165) is 23.8 Å². The van der Waals surface area contributed by atoms with E-state index >= 15 is 0 Å². The molecule has 4 nitrogen and oxygen atoms in total. The summed E-state index contributed by atoms with van der Waals surface area (Å²) in [6.45, 7) is 4.42. The van der Waals surface area contributed by atoms with Crippen LogP contribution < -0.4 is 11.1 Å². The Morgan fingerprint density at radius 3 is 3.00 bits per heavy atom. The molecule has 2 aromatic rings. The van der Waals surface area contributed by atoms with Gasteiger partial charge in [-0.05, 0) is 0 Å². The summed E-state index contributed by atoms with van der Waals surface area (Å²) in [4.78, 5) is 8.71. The summed E-state index contributed by atoms with van der Waals surface area (Å²) >= 11 is 3.32. The molecule has 2 rings (SSSR count). The van der Waals surface area contributed by atoms with Gasteiger partial charge in [0.2, 0.25) is 0 Å². The molecule has 2 aromatic heterocycles. The molecule has 0 saturated heterocycles. The smallest absolute Gasteiger partial charge is 0.106 e. The predicted octanol–water partition coefficient (Wildman–Crippen LogP) is 1.95. The molecule has 0 fully saturated rings. The molecule has 0 spiro atoms. The van der Waals surface area contributed by atoms with E-state index in [9.17, 15) is 0 Å². The molecule has 0 aliphatic rings. The van der Waals surface area contributed by atoms with Crippen molar-refractivity contribution in [1.29, 1.82) is 0 Å². The first-order valence-electron chi connectivity index (χ1n) is 5.53. The fraction of sp³-hybridized carbons (Fsp3) is 0.455. The third-order valence-electron chi connectivity index (χ3n) is 2.40. The third kappa shape index (κ3) is 3.57. The van der Waals surface area contributed by atoms with E-state index in [0.29, 0.717) is 12.5 Å². The highest BCUT2D eigenvalue weighted by Crippen LogP contribution is 2.16. The Balaban J connectivity index is 1.76. The summed E-state index contributed by atoms with van der Waals surface area (Å²) in [5, 5.41) is 9.64. The van der Waals surface area contributed by atoms with Gasteiger partial charge in [-0.2, -0.15) is 0 Å². The van der Waals surface area contributed by atoms with Crippen LogP contribution in [0.5, 0.6) is 0 Å². The summed E-state index contributed by atoms with van der Waals surface area (Å²) < 4.78 is 0. The largest absolute Gasteiger partial charge is 0.325 e. The topological polar surface area (TPSA) is 63.8 Å². The van der Waals surface area contributed by atoms with Gasteiger partial charge in [-0.25, -0.2) is 9.97 Å². The highest BCUT2D eigenvalue weighted by atomic mass is 32.1. The van der Waals surface area contributed by atoms with Gasteiger partial charge in [-0.15, -0.1) is 22.7 Å². The van der Waals surface area contributed by atoms with Crippen molar-refractivity contribution < 1.29 is 0 Å². The molecular weight excluding hydrogens is 252 g/mol. The molecule has 17 heavy (non-hydrogen) atoms. The summed E-state index contributed by atoms with van der Waals surface area (Å²) in [6, 6.07) is 0. The number of hydrogen-bond donors (Lipinski definition) is 2. The van der Waals surface area contributed by atoms with Gasteiger partial charge in [0.1, 0.15) is 5.01 Å². The summed E-state index contributed by atoms with van der Waals surface area (Å²) in [5.41, 5.74) is 6.60. The first kappa shape index (κ1) is 12.6. The molecule has 0 bridgehead atoms. The minimum absolute atomic E-state index is 0.447. The van der Waals surface area contributed by atoms with Gasteiger partial charge in [-0.1, -0.05) is 6.92 Å². The molecule has 0 saturated carbocycles. The molecule has 0 aromatic carbocycles. The Kier molecular flexibility index (Phi) is 4.61. The van der Waals surface area contributed by atoms with Crippen molar-refractivity contribution in [2.45, 2.75) is 25.9 Å². The zero-order valence-corrected chi connectivity index (χ0v) is 11.4. The van der Waals surface area contributed by atoms with Crippen LogP contribution in [0, 0.1) is 0 Å². The van der Waals surface area contributed by atoms with Gasteiger partial charge < -0.3 is 11.1 Å². The van der Waals surface area contributed by atoms with E-state index in [1.807, 2.05) is 11.6 Å². The van der Waals surface area contributed by atoms with Gasteiger partial charge in [-0.3, -0.25) is 0 Å². The van der Waals surface area contributed by atoms with E-state index in [1.165, 1.54) is 5.01 Å². The maximum atomic E-state index is 5.52. The zero-order chi connectivity index (χ0) is 12.1. The lowest BCUT2D eigenvalue weighted by Crippen LogP contribution is -2.19. The lowest BCUT2D eigenvalue weighted by molar-refractivity contribution is 0.607. The Labute approximate surface area is 109 Å². The van der Waals surface area contributed by atoms with Gasteiger partial charge in [0.25, 0.3) is 0 Å². The summed E-state index contributed by atoms with van der Waals surface area (Å²) in [5.74, 6) is 0.447. The fourth-order valence-corrected chi connectivity index (χ4v) is 2.88. The SMILES string of the molecule is CC(CNCc1csc(CN)n1)c1nccs1. The molecule has 1 unspecified atom stereocenters. The van der Waals surface area contributed by atoms with Crippen molar-refractivity contribution in [2.24, 2.45) is 5.73 Å². The number of nitrogens with zero attached hydrogens (tertiary/aromatic N) is 2. The van der Waals surface area contributed by atoms with Crippen molar-refractivity contribution in [2.75, 3.05) is 6.54 Å². The second kappa shape index (κ2) is 6.20. The Hall–Kier alpha value is -0.820. The quantitative estimate of drug-likeness (QED) is 0.840. The van der Waals surface area contributed by atoms with Crippen LogP contribution >= 0.6 is 22.7 Å². The molecule has 1 atom stereocenters. The van der Waals surface area contributed by atoms with Crippen LogP contribution in [-0.2, 0) is 13.1 Å². The summed E-state index contributed by atoms with van der Waals surface area (Å²) in [6.07, 6.45) is 1.85. The van der Waals surface area contributed by atoms with Crippen LogP contribution in [0.4, 0.5) is 0 Å². The molecule has 92 valence electrons.